The lowest BCUT2D eigenvalue weighted by molar-refractivity contribution is -0.209. The number of esters is 1. The molecule has 2 aromatic carbocycles. The molecule has 1 N–H and O–H groups in total. The van der Waals surface area contributed by atoms with Gasteiger partial charge in [-0.1, -0.05) is 30.3 Å². The van der Waals surface area contributed by atoms with E-state index in [1.54, 1.807) is 62.4 Å². The number of fused-ring (bicyclic) bond motifs is 6. The molecule has 0 bridgehead atoms. The lowest BCUT2D eigenvalue weighted by Crippen LogP contribution is -2.52. The van der Waals surface area contributed by atoms with E-state index in [4.69, 9.17) is 4.74 Å². The van der Waals surface area contributed by atoms with E-state index < -0.39 is 40.7 Å². The lowest BCUT2D eigenvalue weighted by atomic mass is 9.88. The Morgan fingerprint density at radius 3 is 2.51 bits per heavy atom. The quantitative estimate of drug-likeness (QED) is 0.443. The number of hydrogen-bond donors (Lipinski definition) is 1. The summed E-state index contributed by atoms with van der Waals surface area (Å²) in [6, 6.07) is 12.4. The largest absolute Gasteiger partial charge is 0.449 e. The van der Waals surface area contributed by atoms with Gasteiger partial charge in [0.1, 0.15) is 11.6 Å². The minimum absolute atomic E-state index is 0.0787. The maximum absolute atomic E-state index is 13.5. The average molecular weight is 474 g/mol. The van der Waals surface area contributed by atoms with E-state index in [2.05, 4.69) is 4.98 Å². The number of ketones is 1. The van der Waals surface area contributed by atoms with Gasteiger partial charge >= 0.3 is 5.97 Å². The van der Waals surface area contributed by atoms with Crippen molar-refractivity contribution in [3.63, 3.8) is 0 Å². The molecule has 1 spiro atoms. The van der Waals surface area contributed by atoms with E-state index in [1.165, 1.54) is 11.8 Å². The predicted molar refractivity (Wildman–Crippen MR) is 123 cm³/mol. The third-order valence-corrected chi connectivity index (χ3v) is 7.31. The highest BCUT2D eigenvalue weighted by atomic mass is 16.6. The van der Waals surface area contributed by atoms with Crippen molar-refractivity contribution in [3.8, 4) is 0 Å². The molecule has 35 heavy (non-hydrogen) atoms. The smallest absolute Gasteiger partial charge is 0.330 e. The minimum Gasteiger partial charge on any atom is -0.449 e. The van der Waals surface area contributed by atoms with Gasteiger partial charge in [0.25, 0.3) is 11.5 Å². The molecule has 1 amide bonds. The molecular weight excluding hydrogens is 452 g/mol. The molecule has 0 saturated carbocycles. The van der Waals surface area contributed by atoms with Gasteiger partial charge in [-0.25, -0.2) is 9.78 Å². The normalized spacial score (nSPS) is 26.9. The van der Waals surface area contributed by atoms with Crippen LogP contribution in [0.15, 0.2) is 53.3 Å². The second-order valence-electron chi connectivity index (χ2n) is 9.68. The van der Waals surface area contributed by atoms with Crippen molar-refractivity contribution >= 4 is 34.3 Å². The Kier molecular flexibility index (Phi) is 4.22. The fourth-order valence-corrected chi connectivity index (χ4v) is 5.61. The first-order chi connectivity index (χ1) is 16.6. The topological polar surface area (TPSA) is 122 Å². The van der Waals surface area contributed by atoms with Crippen LogP contribution in [-0.2, 0) is 19.9 Å². The van der Waals surface area contributed by atoms with E-state index in [1.807, 2.05) is 0 Å². The SMILES string of the molecule is CC(=O)c1nc2ccccc2c(=O)n1C1CC2(OC1=O)c1ccccc1N1C(=O)C(C)(C)N(O)C12. The predicted octanol–water partition coefficient (Wildman–Crippen LogP) is 2.14. The van der Waals surface area contributed by atoms with Crippen molar-refractivity contribution in [2.24, 2.45) is 0 Å². The molecule has 2 saturated heterocycles. The first-order valence-electron chi connectivity index (χ1n) is 11.3. The minimum atomic E-state index is -1.45. The molecule has 0 aliphatic carbocycles. The zero-order chi connectivity index (χ0) is 24.9. The summed E-state index contributed by atoms with van der Waals surface area (Å²) < 4.78 is 7.09. The number of ether oxygens (including phenoxy) is 1. The maximum Gasteiger partial charge on any atom is 0.330 e. The second kappa shape index (κ2) is 6.83. The van der Waals surface area contributed by atoms with Crippen LogP contribution >= 0.6 is 0 Å². The highest BCUT2D eigenvalue weighted by Crippen LogP contribution is 2.58. The number of amides is 1. The van der Waals surface area contributed by atoms with Crippen LogP contribution in [0.2, 0.25) is 0 Å². The molecule has 0 radical (unpaired) electrons. The van der Waals surface area contributed by atoms with Crippen LogP contribution in [0.3, 0.4) is 0 Å². The van der Waals surface area contributed by atoms with E-state index >= 15 is 0 Å². The van der Waals surface area contributed by atoms with Gasteiger partial charge in [-0.15, -0.1) is 5.06 Å². The summed E-state index contributed by atoms with van der Waals surface area (Å²) in [7, 11) is 0. The van der Waals surface area contributed by atoms with Gasteiger partial charge in [-0.2, -0.15) is 0 Å². The van der Waals surface area contributed by atoms with Crippen molar-refractivity contribution in [3.05, 3.63) is 70.3 Å². The molecule has 4 heterocycles. The molecule has 10 heteroatoms. The monoisotopic (exact) mass is 474 g/mol. The van der Waals surface area contributed by atoms with Gasteiger partial charge in [0.2, 0.25) is 0 Å². The first kappa shape index (κ1) is 21.6. The first-order valence-corrected chi connectivity index (χ1v) is 11.3. The number of hydrogen-bond acceptors (Lipinski definition) is 8. The number of nitrogens with zero attached hydrogens (tertiary/aromatic N) is 4. The highest BCUT2D eigenvalue weighted by Gasteiger charge is 2.70. The Labute approximate surface area is 199 Å². The van der Waals surface area contributed by atoms with Crippen molar-refractivity contribution in [1.82, 2.24) is 14.6 Å². The van der Waals surface area contributed by atoms with Crippen LogP contribution in [0.5, 0.6) is 0 Å². The summed E-state index contributed by atoms with van der Waals surface area (Å²) in [5.74, 6) is -1.72. The standard InChI is InChI=1S/C25H22N4O6/c1-13(30)19-26-16-10-6-4-8-14(16)20(31)27(19)18-12-25(35-21(18)32)15-9-5-7-11-17(15)28-22(25)29(34)24(2,3)23(28)33/h4-11,18,22,34H,12H2,1-3H3. The Morgan fingerprint density at radius 1 is 1.09 bits per heavy atom. The Hall–Kier alpha value is -3.89. The number of carbonyl (C=O) groups is 3. The molecule has 1 aromatic heterocycles. The third-order valence-electron chi connectivity index (χ3n) is 7.31. The molecule has 10 nitrogen and oxygen atoms in total. The highest BCUT2D eigenvalue weighted by molar-refractivity contribution is 6.05. The van der Waals surface area contributed by atoms with Gasteiger partial charge in [0, 0.05) is 18.9 Å². The van der Waals surface area contributed by atoms with Crippen molar-refractivity contribution < 1.29 is 24.3 Å². The van der Waals surface area contributed by atoms with Crippen molar-refractivity contribution in [2.75, 3.05) is 4.90 Å². The van der Waals surface area contributed by atoms with Crippen LogP contribution in [0.1, 0.15) is 49.4 Å². The second-order valence-corrected chi connectivity index (χ2v) is 9.68. The summed E-state index contributed by atoms with van der Waals surface area (Å²) >= 11 is 0. The molecule has 3 unspecified atom stereocenters. The number of anilines is 1. The van der Waals surface area contributed by atoms with Gasteiger partial charge in [-0.05, 0) is 32.0 Å². The average Bonchev–Trinajstić information content (AvgIpc) is 3.38. The summed E-state index contributed by atoms with van der Waals surface area (Å²) in [6.45, 7) is 4.46. The Morgan fingerprint density at radius 2 is 1.77 bits per heavy atom. The molecule has 2 fully saturated rings. The fraction of sp³-hybridized carbons (Fsp3) is 0.320. The van der Waals surface area contributed by atoms with Gasteiger partial charge in [0.15, 0.2) is 23.4 Å². The molecule has 178 valence electrons. The van der Waals surface area contributed by atoms with Gasteiger partial charge in [-0.3, -0.25) is 23.9 Å². The number of hydroxylamine groups is 2. The Balaban J connectivity index is 1.57. The number of carbonyl (C=O) groups excluding carboxylic acids is 3. The zero-order valence-corrected chi connectivity index (χ0v) is 19.3. The molecule has 3 aromatic rings. The van der Waals surface area contributed by atoms with Crippen LogP contribution in [0.4, 0.5) is 5.69 Å². The number of aromatic nitrogens is 2. The molecular formula is C25H22N4O6. The van der Waals surface area contributed by atoms with E-state index in [-0.39, 0.29) is 23.5 Å². The maximum atomic E-state index is 13.5. The lowest BCUT2D eigenvalue weighted by Gasteiger charge is -2.35. The summed E-state index contributed by atoms with van der Waals surface area (Å²) in [6.07, 6.45) is -1.11. The van der Waals surface area contributed by atoms with E-state index in [0.717, 1.165) is 9.63 Å². The van der Waals surface area contributed by atoms with E-state index in [0.29, 0.717) is 16.8 Å². The van der Waals surface area contributed by atoms with Crippen LogP contribution in [0.25, 0.3) is 10.9 Å². The molecule has 3 aliphatic heterocycles. The molecule has 6 rings (SSSR count). The number of benzene rings is 2. The summed E-state index contributed by atoms with van der Waals surface area (Å²) in [4.78, 5) is 58.6. The van der Waals surface area contributed by atoms with Crippen LogP contribution < -0.4 is 10.5 Å². The van der Waals surface area contributed by atoms with Crippen LogP contribution in [0, 0.1) is 0 Å². The Bertz CT molecular complexity index is 1530. The van der Waals surface area contributed by atoms with Gasteiger partial charge in [0.05, 0.1) is 16.6 Å². The van der Waals surface area contributed by atoms with Crippen molar-refractivity contribution in [1.29, 1.82) is 0 Å². The van der Waals surface area contributed by atoms with Crippen LogP contribution in [-0.4, -0.2) is 49.2 Å². The van der Waals surface area contributed by atoms with Crippen molar-refractivity contribution in [2.45, 2.75) is 50.5 Å². The summed E-state index contributed by atoms with van der Waals surface area (Å²) in [5.41, 5.74) is -1.82. The molecule has 3 atom stereocenters. The number of Topliss-reactive ketones (excluding diaryl/α,β-unsaturated/α-hetero) is 1. The van der Waals surface area contributed by atoms with Gasteiger partial charge < -0.3 is 9.94 Å². The number of para-hydroxylation sites is 2. The number of rotatable bonds is 2. The molecule has 3 aliphatic rings. The fourth-order valence-electron chi connectivity index (χ4n) is 5.61. The third kappa shape index (κ3) is 2.58. The van der Waals surface area contributed by atoms with E-state index in [9.17, 15) is 24.4 Å². The zero-order valence-electron chi connectivity index (χ0n) is 19.3. The summed E-state index contributed by atoms with van der Waals surface area (Å²) in [5, 5.41) is 12.3.